The molecule has 0 radical (unpaired) electrons. The lowest BCUT2D eigenvalue weighted by molar-refractivity contribution is -0.128. The number of aliphatic hydroxyl groups is 1. The van der Waals surface area contributed by atoms with Crippen LogP contribution >= 0.6 is 0 Å². The maximum absolute atomic E-state index is 10.8. The number of nitrogens with one attached hydrogen (secondary N) is 1. The van der Waals surface area contributed by atoms with Crippen LogP contribution in [0.5, 0.6) is 0 Å². The van der Waals surface area contributed by atoms with E-state index in [4.69, 9.17) is 9.72 Å². The maximum Gasteiger partial charge on any atom is 0.294 e. The zero-order chi connectivity index (χ0) is 20.1. The van der Waals surface area contributed by atoms with Gasteiger partial charge in [-0.1, -0.05) is 0 Å². The highest BCUT2D eigenvalue weighted by molar-refractivity contribution is 5.65. The smallest absolute Gasteiger partial charge is 0.294 e. The van der Waals surface area contributed by atoms with Gasteiger partial charge in [-0.25, -0.2) is 15.0 Å². The van der Waals surface area contributed by atoms with E-state index in [0.29, 0.717) is 18.0 Å². The van der Waals surface area contributed by atoms with Crippen molar-refractivity contribution in [1.29, 1.82) is 0 Å². The number of rotatable bonds is 8. The number of fused-ring (bicyclic) bond motifs is 1. The van der Waals surface area contributed by atoms with Crippen LogP contribution in [0.15, 0.2) is 24.5 Å². The molecule has 0 amide bonds. The Labute approximate surface area is 165 Å². The number of aromatic nitrogens is 3. The Morgan fingerprint density at radius 3 is 2.75 bits per heavy atom. The van der Waals surface area contributed by atoms with Crippen molar-refractivity contribution in [3.05, 3.63) is 35.8 Å². The number of nitrogens with zero attached hydrogens (tertiary/aromatic N) is 4. The van der Waals surface area contributed by atoms with Crippen molar-refractivity contribution in [1.82, 2.24) is 20.3 Å². The summed E-state index contributed by atoms with van der Waals surface area (Å²) in [4.78, 5) is 26.0. The molecule has 8 heteroatoms. The second kappa shape index (κ2) is 8.62. The molecule has 1 atom stereocenters. The second-order valence-corrected chi connectivity index (χ2v) is 7.90. The van der Waals surface area contributed by atoms with Gasteiger partial charge in [0.1, 0.15) is 11.9 Å². The third-order valence-corrected chi connectivity index (χ3v) is 4.45. The van der Waals surface area contributed by atoms with Crippen molar-refractivity contribution >= 4 is 12.2 Å². The number of carbonyl (C=O) groups excluding carboxylic acids is 1. The minimum absolute atomic E-state index is 0.0396. The van der Waals surface area contributed by atoms with Crippen LogP contribution in [-0.4, -0.2) is 51.6 Å². The van der Waals surface area contributed by atoms with Gasteiger partial charge in [-0.3, -0.25) is 10.1 Å². The Bertz CT molecular complexity index is 807. The van der Waals surface area contributed by atoms with Gasteiger partial charge in [0.2, 0.25) is 0 Å². The summed E-state index contributed by atoms with van der Waals surface area (Å²) in [6, 6.07) is 3.67. The standard InChI is InChI=1S/C20H27N5O3/c1-20(2,3)24-18(27)11-25(12-28-13-26)17-10-16(19-21-8-5-9-22-19)23-15-7-4-6-14(15)17/h5,8-10,13,18,24,27H,4,6-7,11-12H2,1-3H3. The summed E-state index contributed by atoms with van der Waals surface area (Å²) in [7, 11) is 0. The van der Waals surface area contributed by atoms with Gasteiger partial charge >= 0.3 is 0 Å². The van der Waals surface area contributed by atoms with Crippen molar-refractivity contribution in [2.75, 3.05) is 18.2 Å². The highest BCUT2D eigenvalue weighted by Crippen LogP contribution is 2.33. The molecule has 0 saturated heterocycles. The zero-order valence-corrected chi connectivity index (χ0v) is 16.6. The number of hydrogen-bond donors (Lipinski definition) is 2. The fourth-order valence-corrected chi connectivity index (χ4v) is 3.44. The van der Waals surface area contributed by atoms with Gasteiger partial charge in [-0.15, -0.1) is 0 Å². The van der Waals surface area contributed by atoms with Gasteiger partial charge in [0.25, 0.3) is 6.47 Å². The number of aliphatic hydroxyl groups excluding tert-OH is 1. The molecule has 2 N–H and O–H groups in total. The Hall–Kier alpha value is -2.58. The van der Waals surface area contributed by atoms with Crippen LogP contribution in [0.4, 0.5) is 5.69 Å². The van der Waals surface area contributed by atoms with Crippen LogP contribution < -0.4 is 10.2 Å². The molecular weight excluding hydrogens is 358 g/mol. The summed E-state index contributed by atoms with van der Waals surface area (Å²) < 4.78 is 5.04. The molecule has 0 aromatic carbocycles. The van der Waals surface area contributed by atoms with Gasteiger partial charge in [0.05, 0.1) is 6.54 Å². The summed E-state index contributed by atoms with van der Waals surface area (Å²) in [6.07, 6.45) is 5.36. The molecule has 1 aliphatic rings. The SMILES string of the molecule is CC(C)(C)NC(O)CN(COC=O)c1cc(-c2ncccn2)nc2c1CCC2. The van der Waals surface area contributed by atoms with Crippen LogP contribution in [0.25, 0.3) is 11.5 Å². The Morgan fingerprint density at radius 2 is 2.07 bits per heavy atom. The van der Waals surface area contributed by atoms with E-state index in [0.717, 1.165) is 36.2 Å². The Balaban J connectivity index is 1.96. The first-order chi connectivity index (χ1) is 13.4. The molecule has 0 saturated carbocycles. The summed E-state index contributed by atoms with van der Waals surface area (Å²) in [5, 5.41) is 13.7. The Kier molecular flexibility index (Phi) is 6.21. The first-order valence-electron chi connectivity index (χ1n) is 9.43. The number of pyridine rings is 1. The lowest BCUT2D eigenvalue weighted by atomic mass is 10.1. The molecule has 0 fully saturated rings. The third kappa shape index (κ3) is 5.02. The van der Waals surface area contributed by atoms with Gasteiger partial charge in [0.15, 0.2) is 12.6 Å². The maximum atomic E-state index is 10.8. The van der Waals surface area contributed by atoms with Gasteiger partial charge < -0.3 is 14.7 Å². The highest BCUT2D eigenvalue weighted by Gasteiger charge is 2.25. The number of carbonyl (C=O) groups is 1. The minimum Gasteiger partial charge on any atom is -0.446 e. The predicted octanol–water partition coefficient (Wildman–Crippen LogP) is 1.67. The van der Waals surface area contributed by atoms with E-state index in [1.807, 2.05) is 31.7 Å². The van der Waals surface area contributed by atoms with Crippen LogP contribution in [0.3, 0.4) is 0 Å². The number of anilines is 1. The normalized spacial score (nSPS) is 14.4. The number of aryl methyl sites for hydroxylation is 1. The lowest BCUT2D eigenvalue weighted by Crippen LogP contribution is -2.49. The van der Waals surface area contributed by atoms with Gasteiger partial charge in [0, 0.05) is 29.3 Å². The van der Waals surface area contributed by atoms with E-state index in [-0.39, 0.29) is 18.8 Å². The Morgan fingerprint density at radius 1 is 1.32 bits per heavy atom. The quantitative estimate of drug-likeness (QED) is 0.523. The molecule has 2 aromatic rings. The van der Waals surface area contributed by atoms with E-state index in [1.54, 1.807) is 18.5 Å². The largest absolute Gasteiger partial charge is 0.446 e. The molecule has 1 aliphatic carbocycles. The van der Waals surface area contributed by atoms with E-state index >= 15 is 0 Å². The molecule has 3 rings (SSSR count). The van der Waals surface area contributed by atoms with E-state index < -0.39 is 6.23 Å². The number of ether oxygens (including phenoxy) is 1. The summed E-state index contributed by atoms with van der Waals surface area (Å²) in [5.41, 5.74) is 3.44. The van der Waals surface area contributed by atoms with Gasteiger partial charge in [-0.2, -0.15) is 0 Å². The molecule has 2 aromatic heterocycles. The van der Waals surface area contributed by atoms with Crippen molar-refractivity contribution in [2.45, 2.75) is 51.8 Å². The van der Waals surface area contributed by atoms with E-state index in [2.05, 4.69) is 15.3 Å². The van der Waals surface area contributed by atoms with E-state index in [9.17, 15) is 9.90 Å². The second-order valence-electron chi connectivity index (χ2n) is 7.90. The molecule has 8 nitrogen and oxygen atoms in total. The predicted molar refractivity (Wildman–Crippen MR) is 106 cm³/mol. The fourth-order valence-electron chi connectivity index (χ4n) is 3.44. The first-order valence-corrected chi connectivity index (χ1v) is 9.43. The van der Waals surface area contributed by atoms with E-state index in [1.165, 1.54) is 0 Å². The van der Waals surface area contributed by atoms with Crippen molar-refractivity contribution < 1.29 is 14.6 Å². The highest BCUT2D eigenvalue weighted by atomic mass is 16.5. The third-order valence-electron chi connectivity index (χ3n) is 4.45. The van der Waals surface area contributed by atoms with Crippen LogP contribution in [-0.2, 0) is 22.4 Å². The average Bonchev–Trinajstić information content (AvgIpc) is 3.12. The minimum atomic E-state index is -0.795. The topological polar surface area (TPSA) is 100 Å². The molecule has 28 heavy (non-hydrogen) atoms. The summed E-state index contributed by atoms with van der Waals surface area (Å²) in [6.45, 7) is 6.67. The zero-order valence-electron chi connectivity index (χ0n) is 16.6. The lowest BCUT2D eigenvalue weighted by Gasteiger charge is -2.32. The molecule has 1 unspecified atom stereocenters. The van der Waals surface area contributed by atoms with Crippen molar-refractivity contribution in [2.24, 2.45) is 0 Å². The molecule has 2 heterocycles. The summed E-state index contributed by atoms with van der Waals surface area (Å²) >= 11 is 0. The van der Waals surface area contributed by atoms with Crippen molar-refractivity contribution in [3.63, 3.8) is 0 Å². The molecular formula is C20H27N5O3. The van der Waals surface area contributed by atoms with Crippen molar-refractivity contribution in [3.8, 4) is 11.5 Å². The molecule has 0 aliphatic heterocycles. The number of hydrogen-bond acceptors (Lipinski definition) is 8. The molecule has 0 spiro atoms. The van der Waals surface area contributed by atoms with Crippen LogP contribution in [0.1, 0.15) is 38.4 Å². The van der Waals surface area contributed by atoms with Crippen LogP contribution in [0.2, 0.25) is 0 Å². The van der Waals surface area contributed by atoms with Gasteiger partial charge in [-0.05, 0) is 57.7 Å². The van der Waals surface area contributed by atoms with Crippen LogP contribution in [0, 0.1) is 0 Å². The average molecular weight is 385 g/mol. The molecule has 150 valence electrons. The molecule has 0 bridgehead atoms. The first kappa shape index (κ1) is 20.2. The monoisotopic (exact) mass is 385 g/mol. The summed E-state index contributed by atoms with van der Waals surface area (Å²) in [5.74, 6) is 0.545. The fraction of sp³-hybridized carbons (Fsp3) is 0.500.